The summed E-state index contributed by atoms with van der Waals surface area (Å²) in [6.45, 7) is 0. The number of hydrogen-bond acceptors (Lipinski definition) is 1. The van der Waals surface area contributed by atoms with Crippen LogP contribution < -0.4 is 5.32 Å². The first-order chi connectivity index (χ1) is 7.21. The Morgan fingerprint density at radius 3 is 2.44 bits per heavy atom. The zero-order valence-electron chi connectivity index (χ0n) is 7.33. The standard InChI is InChI=1S/C8H3BrClF4NO/c9-3-1-5(11)6(2-4(3)10)15-7(16)8(12,13)14/h1-2H,(H,15,16). The summed E-state index contributed by atoms with van der Waals surface area (Å²) in [5.41, 5.74) is -0.629. The topological polar surface area (TPSA) is 29.1 Å². The summed E-state index contributed by atoms with van der Waals surface area (Å²) in [6.07, 6.45) is -5.08. The number of carbonyl (C=O) groups is 1. The van der Waals surface area contributed by atoms with Gasteiger partial charge in [0.1, 0.15) is 5.82 Å². The number of carbonyl (C=O) groups excluding carboxylic acids is 1. The van der Waals surface area contributed by atoms with Gasteiger partial charge in [-0.25, -0.2) is 4.39 Å². The van der Waals surface area contributed by atoms with Crippen molar-refractivity contribution in [2.45, 2.75) is 6.18 Å². The smallest absolute Gasteiger partial charge is 0.316 e. The van der Waals surface area contributed by atoms with Gasteiger partial charge in [0.25, 0.3) is 0 Å². The summed E-state index contributed by atoms with van der Waals surface area (Å²) in [4.78, 5) is 10.5. The fourth-order valence-electron chi connectivity index (χ4n) is 0.812. The molecule has 1 amide bonds. The van der Waals surface area contributed by atoms with Crippen LogP contribution in [-0.2, 0) is 4.79 Å². The second-order valence-corrected chi connectivity index (χ2v) is 3.96. The Morgan fingerprint density at radius 2 is 1.94 bits per heavy atom. The molecule has 0 aliphatic heterocycles. The number of benzene rings is 1. The van der Waals surface area contributed by atoms with Gasteiger partial charge in [-0.3, -0.25) is 4.79 Å². The molecule has 1 aromatic carbocycles. The molecule has 88 valence electrons. The Labute approximate surface area is 101 Å². The first kappa shape index (κ1) is 13.2. The van der Waals surface area contributed by atoms with Crippen LogP contribution in [0.3, 0.4) is 0 Å². The predicted octanol–water partition coefficient (Wildman–Crippen LogP) is 3.74. The van der Waals surface area contributed by atoms with Gasteiger partial charge < -0.3 is 5.32 Å². The fraction of sp³-hybridized carbons (Fsp3) is 0.125. The van der Waals surface area contributed by atoms with Crippen LogP contribution >= 0.6 is 27.5 Å². The zero-order chi connectivity index (χ0) is 12.5. The maximum absolute atomic E-state index is 13.1. The predicted molar refractivity (Wildman–Crippen MR) is 53.8 cm³/mol. The molecular weight excluding hydrogens is 317 g/mol. The molecular formula is C8H3BrClF4NO. The molecule has 0 aliphatic rings. The van der Waals surface area contributed by atoms with Crippen molar-refractivity contribution >= 4 is 39.1 Å². The van der Waals surface area contributed by atoms with E-state index in [9.17, 15) is 22.4 Å². The lowest BCUT2D eigenvalue weighted by Gasteiger charge is -2.09. The van der Waals surface area contributed by atoms with Gasteiger partial charge in [0.15, 0.2) is 0 Å². The van der Waals surface area contributed by atoms with Crippen molar-refractivity contribution in [2.75, 3.05) is 5.32 Å². The van der Waals surface area contributed by atoms with E-state index in [0.29, 0.717) is 0 Å². The molecule has 0 aliphatic carbocycles. The van der Waals surface area contributed by atoms with Gasteiger partial charge in [0.2, 0.25) is 0 Å². The summed E-state index contributed by atoms with van der Waals surface area (Å²) >= 11 is 8.42. The molecule has 2 nitrogen and oxygen atoms in total. The molecule has 1 aromatic rings. The van der Waals surface area contributed by atoms with E-state index in [2.05, 4.69) is 15.9 Å². The Bertz CT molecular complexity index is 435. The van der Waals surface area contributed by atoms with Crippen molar-refractivity contribution < 1.29 is 22.4 Å². The van der Waals surface area contributed by atoms with Gasteiger partial charge in [0.05, 0.1) is 10.7 Å². The van der Waals surface area contributed by atoms with Gasteiger partial charge in [-0.2, -0.15) is 13.2 Å². The van der Waals surface area contributed by atoms with Crippen LogP contribution in [0.5, 0.6) is 0 Å². The SMILES string of the molecule is O=C(Nc1cc(Cl)c(Br)cc1F)C(F)(F)F. The van der Waals surface area contributed by atoms with Crippen LogP contribution in [-0.4, -0.2) is 12.1 Å². The van der Waals surface area contributed by atoms with Crippen LogP contribution in [0.25, 0.3) is 0 Å². The fourth-order valence-corrected chi connectivity index (χ4v) is 1.29. The number of rotatable bonds is 1. The van der Waals surface area contributed by atoms with E-state index in [1.165, 1.54) is 5.32 Å². The minimum absolute atomic E-state index is 0.0149. The second kappa shape index (κ2) is 4.58. The first-order valence-electron chi connectivity index (χ1n) is 3.74. The molecule has 1 N–H and O–H groups in total. The van der Waals surface area contributed by atoms with E-state index in [1.807, 2.05) is 0 Å². The molecule has 16 heavy (non-hydrogen) atoms. The van der Waals surface area contributed by atoms with Crippen LogP contribution in [0, 0.1) is 5.82 Å². The number of amides is 1. The minimum Gasteiger partial charge on any atom is -0.316 e. The summed E-state index contributed by atoms with van der Waals surface area (Å²) in [6, 6.07) is 1.74. The molecule has 0 fully saturated rings. The van der Waals surface area contributed by atoms with Gasteiger partial charge in [-0.15, -0.1) is 0 Å². The monoisotopic (exact) mass is 319 g/mol. The Kier molecular flexibility index (Phi) is 3.80. The van der Waals surface area contributed by atoms with Crippen molar-refractivity contribution in [2.24, 2.45) is 0 Å². The third-order valence-corrected chi connectivity index (χ3v) is 2.71. The van der Waals surface area contributed by atoms with Crippen LogP contribution in [0.15, 0.2) is 16.6 Å². The molecule has 1 rings (SSSR count). The number of nitrogens with one attached hydrogen (secondary N) is 1. The maximum Gasteiger partial charge on any atom is 0.471 e. The van der Waals surface area contributed by atoms with E-state index in [1.54, 1.807) is 0 Å². The normalized spacial score (nSPS) is 11.4. The average molecular weight is 320 g/mol. The molecule has 0 saturated heterocycles. The number of anilines is 1. The van der Waals surface area contributed by atoms with Crippen molar-refractivity contribution in [3.05, 3.63) is 27.4 Å². The highest BCUT2D eigenvalue weighted by Gasteiger charge is 2.39. The van der Waals surface area contributed by atoms with Gasteiger partial charge in [-0.1, -0.05) is 11.6 Å². The van der Waals surface area contributed by atoms with E-state index < -0.39 is 23.6 Å². The van der Waals surface area contributed by atoms with E-state index in [0.717, 1.165) is 12.1 Å². The number of halogens is 6. The molecule has 0 atom stereocenters. The third kappa shape index (κ3) is 3.08. The summed E-state index contributed by atoms with van der Waals surface area (Å²) < 4.78 is 48.9. The van der Waals surface area contributed by atoms with Crippen LogP contribution in [0.1, 0.15) is 0 Å². The highest BCUT2D eigenvalue weighted by atomic mass is 79.9. The molecule has 8 heteroatoms. The maximum atomic E-state index is 13.1. The molecule has 0 bridgehead atoms. The number of alkyl halides is 3. The van der Waals surface area contributed by atoms with Crippen molar-refractivity contribution in [1.29, 1.82) is 0 Å². The summed E-state index contributed by atoms with van der Waals surface area (Å²) in [5.74, 6) is -3.28. The quantitative estimate of drug-likeness (QED) is 0.620. The molecule has 0 unspecified atom stereocenters. The Morgan fingerprint density at radius 1 is 1.38 bits per heavy atom. The lowest BCUT2D eigenvalue weighted by Crippen LogP contribution is -2.30. The van der Waals surface area contributed by atoms with E-state index >= 15 is 0 Å². The molecule has 0 radical (unpaired) electrons. The molecule has 0 spiro atoms. The van der Waals surface area contributed by atoms with Crippen LogP contribution in [0.4, 0.5) is 23.2 Å². The summed E-state index contributed by atoms with van der Waals surface area (Å²) in [7, 11) is 0. The van der Waals surface area contributed by atoms with Gasteiger partial charge >= 0.3 is 12.1 Å². The lowest BCUT2D eigenvalue weighted by molar-refractivity contribution is -0.167. The first-order valence-corrected chi connectivity index (χ1v) is 4.91. The Hall–Kier alpha value is -0.820. The van der Waals surface area contributed by atoms with Gasteiger partial charge in [-0.05, 0) is 28.1 Å². The zero-order valence-corrected chi connectivity index (χ0v) is 9.67. The highest BCUT2D eigenvalue weighted by Crippen LogP contribution is 2.29. The minimum atomic E-state index is -5.08. The number of hydrogen-bond donors (Lipinski definition) is 1. The van der Waals surface area contributed by atoms with Gasteiger partial charge in [0, 0.05) is 4.47 Å². The van der Waals surface area contributed by atoms with Crippen molar-refractivity contribution in [1.82, 2.24) is 0 Å². The third-order valence-electron chi connectivity index (χ3n) is 1.52. The second-order valence-electron chi connectivity index (χ2n) is 2.70. The van der Waals surface area contributed by atoms with Crippen molar-refractivity contribution in [3.63, 3.8) is 0 Å². The largest absolute Gasteiger partial charge is 0.471 e. The lowest BCUT2D eigenvalue weighted by atomic mass is 10.3. The molecule has 0 aromatic heterocycles. The van der Waals surface area contributed by atoms with Crippen molar-refractivity contribution in [3.8, 4) is 0 Å². The average Bonchev–Trinajstić information content (AvgIpc) is 2.12. The van der Waals surface area contributed by atoms with E-state index in [-0.39, 0.29) is 9.50 Å². The van der Waals surface area contributed by atoms with Crippen LogP contribution in [0.2, 0.25) is 5.02 Å². The Balaban J connectivity index is 2.99. The molecule has 0 heterocycles. The van der Waals surface area contributed by atoms with E-state index in [4.69, 9.17) is 11.6 Å². The summed E-state index contributed by atoms with van der Waals surface area (Å²) in [5, 5.41) is 1.36. The highest BCUT2D eigenvalue weighted by molar-refractivity contribution is 9.10. The molecule has 0 saturated carbocycles.